The van der Waals surface area contributed by atoms with E-state index in [1.165, 1.54) is 31.9 Å². The highest BCUT2D eigenvalue weighted by molar-refractivity contribution is 5.79. The third-order valence-electron chi connectivity index (χ3n) is 4.48. The van der Waals surface area contributed by atoms with Crippen LogP contribution in [0.5, 0.6) is 0 Å². The van der Waals surface area contributed by atoms with E-state index in [2.05, 4.69) is 27.4 Å². The van der Waals surface area contributed by atoms with E-state index in [0.29, 0.717) is 6.04 Å². The lowest BCUT2D eigenvalue weighted by atomic mass is 10.0. The van der Waals surface area contributed by atoms with Crippen LogP contribution in [0.15, 0.2) is 29.3 Å². The average Bonchev–Trinajstić information content (AvgIpc) is 2.58. The Kier molecular flexibility index (Phi) is 7.33. The monoisotopic (exact) mass is 320 g/mol. The summed E-state index contributed by atoms with van der Waals surface area (Å²) in [7, 11) is 1.79. The summed E-state index contributed by atoms with van der Waals surface area (Å²) in [6.07, 6.45) is 4.66. The Morgan fingerprint density at radius 1 is 1.35 bits per heavy atom. The van der Waals surface area contributed by atoms with E-state index >= 15 is 0 Å². The molecule has 0 aromatic heterocycles. The van der Waals surface area contributed by atoms with Gasteiger partial charge in [0.05, 0.1) is 0 Å². The van der Waals surface area contributed by atoms with Gasteiger partial charge in [0.2, 0.25) is 0 Å². The number of likely N-dealkylation sites (N-methyl/N-ethyl adjacent to an activating group) is 1. The molecule has 2 N–H and O–H groups in total. The third-order valence-corrected chi connectivity index (χ3v) is 4.48. The van der Waals surface area contributed by atoms with Gasteiger partial charge in [-0.05, 0) is 50.0 Å². The molecule has 1 aromatic rings. The molecular formula is C18H29FN4. The van der Waals surface area contributed by atoms with E-state index < -0.39 is 0 Å². The second-order valence-corrected chi connectivity index (χ2v) is 6.04. The lowest BCUT2D eigenvalue weighted by Gasteiger charge is -2.35. The summed E-state index contributed by atoms with van der Waals surface area (Å²) in [5, 5.41) is 6.73. The van der Waals surface area contributed by atoms with Gasteiger partial charge in [0.1, 0.15) is 5.82 Å². The second-order valence-electron chi connectivity index (χ2n) is 6.04. The van der Waals surface area contributed by atoms with Crippen LogP contribution in [0.4, 0.5) is 4.39 Å². The smallest absolute Gasteiger partial charge is 0.191 e. The van der Waals surface area contributed by atoms with Gasteiger partial charge >= 0.3 is 0 Å². The molecule has 1 heterocycles. The molecule has 4 nitrogen and oxygen atoms in total. The summed E-state index contributed by atoms with van der Waals surface area (Å²) in [5.74, 6) is 0.644. The zero-order chi connectivity index (χ0) is 16.5. The molecule has 0 bridgehead atoms. The quantitative estimate of drug-likeness (QED) is 0.624. The van der Waals surface area contributed by atoms with Crippen molar-refractivity contribution in [1.29, 1.82) is 0 Å². The van der Waals surface area contributed by atoms with Crippen LogP contribution in [0.2, 0.25) is 0 Å². The van der Waals surface area contributed by atoms with Crippen LogP contribution < -0.4 is 10.6 Å². The third kappa shape index (κ3) is 5.82. The van der Waals surface area contributed by atoms with Crippen molar-refractivity contribution in [3.05, 3.63) is 35.6 Å². The number of hydrogen-bond acceptors (Lipinski definition) is 2. The Balaban J connectivity index is 1.73. The first kappa shape index (κ1) is 17.7. The maximum atomic E-state index is 13.2. The van der Waals surface area contributed by atoms with Gasteiger partial charge in [0, 0.05) is 26.2 Å². The van der Waals surface area contributed by atoms with Crippen molar-refractivity contribution < 1.29 is 4.39 Å². The minimum Gasteiger partial charge on any atom is -0.356 e. The van der Waals surface area contributed by atoms with Crippen LogP contribution in [-0.2, 0) is 6.42 Å². The SMILES string of the molecule is CCN1CCCCC1CNC(=NC)NCCc1cccc(F)c1. The molecule has 1 aliphatic rings. The minimum atomic E-state index is -0.179. The Bertz CT molecular complexity index is 504. The zero-order valence-corrected chi connectivity index (χ0v) is 14.3. The van der Waals surface area contributed by atoms with Crippen LogP contribution in [0.1, 0.15) is 31.7 Å². The fourth-order valence-electron chi connectivity index (χ4n) is 3.16. The van der Waals surface area contributed by atoms with Crippen molar-refractivity contribution in [2.24, 2.45) is 4.99 Å². The van der Waals surface area contributed by atoms with Crippen molar-refractivity contribution in [2.45, 2.75) is 38.6 Å². The number of rotatable bonds is 6. The second kappa shape index (κ2) is 9.50. The summed E-state index contributed by atoms with van der Waals surface area (Å²) >= 11 is 0. The van der Waals surface area contributed by atoms with E-state index in [-0.39, 0.29) is 5.82 Å². The van der Waals surface area contributed by atoms with Gasteiger partial charge in [-0.25, -0.2) is 4.39 Å². The van der Waals surface area contributed by atoms with Gasteiger partial charge in [-0.15, -0.1) is 0 Å². The lowest BCUT2D eigenvalue weighted by molar-refractivity contribution is 0.157. The molecule has 1 aliphatic heterocycles. The molecule has 1 aromatic carbocycles. The number of nitrogens with zero attached hydrogens (tertiary/aromatic N) is 2. The molecule has 1 atom stereocenters. The highest BCUT2D eigenvalue weighted by atomic mass is 19.1. The van der Waals surface area contributed by atoms with E-state index in [1.807, 2.05) is 6.07 Å². The maximum absolute atomic E-state index is 13.2. The predicted molar refractivity (Wildman–Crippen MR) is 94.4 cm³/mol. The maximum Gasteiger partial charge on any atom is 0.191 e. The molecule has 0 amide bonds. The molecule has 1 fully saturated rings. The van der Waals surface area contributed by atoms with Crippen molar-refractivity contribution >= 4 is 5.96 Å². The van der Waals surface area contributed by atoms with Crippen LogP contribution in [0.3, 0.4) is 0 Å². The molecule has 0 radical (unpaired) electrons. The number of aliphatic imine (C=N–C) groups is 1. The number of hydrogen-bond donors (Lipinski definition) is 2. The number of benzene rings is 1. The highest BCUT2D eigenvalue weighted by Gasteiger charge is 2.20. The largest absolute Gasteiger partial charge is 0.356 e. The van der Waals surface area contributed by atoms with Crippen molar-refractivity contribution in [3.63, 3.8) is 0 Å². The molecule has 128 valence electrons. The molecule has 0 aliphatic carbocycles. The van der Waals surface area contributed by atoms with Gasteiger partial charge < -0.3 is 10.6 Å². The van der Waals surface area contributed by atoms with E-state index in [9.17, 15) is 4.39 Å². The van der Waals surface area contributed by atoms with Crippen LogP contribution >= 0.6 is 0 Å². The van der Waals surface area contributed by atoms with E-state index in [0.717, 1.165) is 37.6 Å². The van der Waals surface area contributed by atoms with Gasteiger partial charge in [-0.2, -0.15) is 0 Å². The Hall–Kier alpha value is -1.62. The molecule has 2 rings (SSSR count). The number of piperidine rings is 1. The van der Waals surface area contributed by atoms with Crippen molar-refractivity contribution in [2.75, 3.05) is 33.2 Å². The van der Waals surface area contributed by atoms with E-state index in [1.54, 1.807) is 19.2 Å². The van der Waals surface area contributed by atoms with Crippen LogP contribution in [0, 0.1) is 5.82 Å². The van der Waals surface area contributed by atoms with Crippen LogP contribution in [0.25, 0.3) is 0 Å². The van der Waals surface area contributed by atoms with E-state index in [4.69, 9.17) is 0 Å². The van der Waals surface area contributed by atoms with Gasteiger partial charge in [-0.1, -0.05) is 25.5 Å². The molecule has 23 heavy (non-hydrogen) atoms. The molecule has 1 unspecified atom stereocenters. The molecule has 1 saturated heterocycles. The average molecular weight is 320 g/mol. The lowest BCUT2D eigenvalue weighted by Crippen LogP contribution is -2.49. The first-order chi connectivity index (χ1) is 11.2. The first-order valence-corrected chi connectivity index (χ1v) is 8.66. The summed E-state index contributed by atoms with van der Waals surface area (Å²) in [6.45, 7) is 6.20. The normalized spacial score (nSPS) is 19.6. The fourth-order valence-corrected chi connectivity index (χ4v) is 3.16. The minimum absolute atomic E-state index is 0.179. The fraction of sp³-hybridized carbons (Fsp3) is 0.611. The highest BCUT2D eigenvalue weighted by Crippen LogP contribution is 2.15. The summed E-state index contributed by atoms with van der Waals surface area (Å²) in [5.41, 5.74) is 0.998. The number of guanidine groups is 1. The summed E-state index contributed by atoms with van der Waals surface area (Å²) in [4.78, 5) is 6.81. The predicted octanol–water partition coefficient (Wildman–Crippen LogP) is 2.41. The van der Waals surface area contributed by atoms with Crippen LogP contribution in [-0.4, -0.2) is 50.1 Å². The Morgan fingerprint density at radius 2 is 2.22 bits per heavy atom. The standard InChI is InChI=1S/C18H29FN4/c1-3-23-12-5-4-9-17(23)14-22-18(20-2)21-11-10-15-7-6-8-16(19)13-15/h6-8,13,17H,3-5,9-12,14H2,1-2H3,(H2,20,21,22). The Labute approximate surface area is 139 Å². The molecule has 0 spiro atoms. The zero-order valence-electron chi connectivity index (χ0n) is 14.3. The molecule has 0 saturated carbocycles. The van der Waals surface area contributed by atoms with Gasteiger partial charge in [-0.3, -0.25) is 9.89 Å². The van der Waals surface area contributed by atoms with Gasteiger partial charge in [0.25, 0.3) is 0 Å². The molecule has 5 heteroatoms. The number of likely N-dealkylation sites (tertiary alicyclic amines) is 1. The van der Waals surface area contributed by atoms with Gasteiger partial charge in [0.15, 0.2) is 5.96 Å². The Morgan fingerprint density at radius 3 is 2.96 bits per heavy atom. The number of nitrogens with one attached hydrogen (secondary N) is 2. The molecular weight excluding hydrogens is 291 g/mol. The first-order valence-electron chi connectivity index (χ1n) is 8.66. The van der Waals surface area contributed by atoms with Crippen molar-refractivity contribution in [3.8, 4) is 0 Å². The summed E-state index contributed by atoms with van der Waals surface area (Å²) < 4.78 is 13.2. The number of halogens is 1. The topological polar surface area (TPSA) is 39.7 Å². The summed E-state index contributed by atoms with van der Waals surface area (Å²) in [6, 6.07) is 7.35. The van der Waals surface area contributed by atoms with Crippen molar-refractivity contribution in [1.82, 2.24) is 15.5 Å².